The average Bonchev–Trinajstić information content (AvgIpc) is 2.84. The van der Waals surface area contributed by atoms with Gasteiger partial charge in [-0.2, -0.15) is 10.4 Å². The highest BCUT2D eigenvalue weighted by molar-refractivity contribution is 5.76. The Hall–Kier alpha value is -2.61. The summed E-state index contributed by atoms with van der Waals surface area (Å²) in [5.74, 6) is 0.0434. The van der Waals surface area contributed by atoms with Gasteiger partial charge in [-0.25, -0.2) is 0 Å². The first-order valence-electron chi connectivity index (χ1n) is 8.24. The Kier molecular flexibility index (Phi) is 6.14. The molecule has 0 spiro atoms. The zero-order chi connectivity index (χ0) is 17.5. The number of benzene rings is 1. The maximum atomic E-state index is 12.1. The molecule has 5 nitrogen and oxygen atoms in total. The van der Waals surface area contributed by atoms with Crippen LogP contribution in [0.4, 0.5) is 0 Å². The average molecular weight is 324 g/mol. The third-order valence-electron chi connectivity index (χ3n) is 4.31. The molecule has 0 aliphatic carbocycles. The molecule has 24 heavy (non-hydrogen) atoms. The first-order valence-corrected chi connectivity index (χ1v) is 8.24. The van der Waals surface area contributed by atoms with Crippen molar-refractivity contribution in [3.05, 3.63) is 52.3 Å². The van der Waals surface area contributed by atoms with Gasteiger partial charge in [0.05, 0.1) is 24.7 Å². The van der Waals surface area contributed by atoms with Crippen LogP contribution in [-0.4, -0.2) is 15.7 Å². The quantitative estimate of drug-likeness (QED) is 0.851. The summed E-state index contributed by atoms with van der Waals surface area (Å²) < 4.78 is 1.86. The van der Waals surface area contributed by atoms with Gasteiger partial charge in [-0.1, -0.05) is 24.3 Å². The summed E-state index contributed by atoms with van der Waals surface area (Å²) >= 11 is 0. The molecule has 1 N–H and O–H groups in total. The number of nitrogens with one attached hydrogen (secondary N) is 1. The summed E-state index contributed by atoms with van der Waals surface area (Å²) in [5, 5.41) is 16.1. The van der Waals surface area contributed by atoms with Crippen LogP contribution in [0.15, 0.2) is 24.3 Å². The number of aryl methyl sites for hydroxylation is 3. The van der Waals surface area contributed by atoms with Crippen molar-refractivity contribution in [2.24, 2.45) is 0 Å². The molecule has 1 aromatic carbocycles. The van der Waals surface area contributed by atoms with Crippen molar-refractivity contribution < 1.29 is 4.79 Å². The molecule has 126 valence electrons. The number of hydrogen-bond donors (Lipinski definition) is 1. The van der Waals surface area contributed by atoms with E-state index in [1.165, 1.54) is 5.56 Å². The Morgan fingerprint density at radius 2 is 2.04 bits per heavy atom. The molecule has 2 rings (SSSR count). The fraction of sp³-hybridized carbons (Fsp3) is 0.421. The first-order chi connectivity index (χ1) is 11.5. The maximum Gasteiger partial charge on any atom is 0.220 e. The van der Waals surface area contributed by atoms with Crippen molar-refractivity contribution >= 4 is 5.91 Å². The number of aromatic nitrogens is 2. The van der Waals surface area contributed by atoms with Gasteiger partial charge < -0.3 is 5.32 Å². The molecule has 0 aliphatic heterocycles. The van der Waals surface area contributed by atoms with E-state index in [9.17, 15) is 4.79 Å². The number of carbonyl (C=O) groups is 1. The fourth-order valence-electron chi connectivity index (χ4n) is 2.80. The second-order valence-electron chi connectivity index (χ2n) is 5.98. The highest BCUT2D eigenvalue weighted by atomic mass is 16.1. The van der Waals surface area contributed by atoms with Gasteiger partial charge in [-0.15, -0.1) is 0 Å². The largest absolute Gasteiger partial charge is 0.352 e. The molecule has 0 unspecified atom stereocenters. The third-order valence-corrected chi connectivity index (χ3v) is 4.31. The molecule has 1 amide bonds. The number of amides is 1. The highest BCUT2D eigenvalue weighted by Gasteiger charge is 2.13. The molecule has 5 heteroatoms. The first kappa shape index (κ1) is 17.7. The van der Waals surface area contributed by atoms with Gasteiger partial charge in [0, 0.05) is 18.7 Å². The summed E-state index contributed by atoms with van der Waals surface area (Å²) in [5.41, 5.74) is 5.43. The van der Waals surface area contributed by atoms with Crippen molar-refractivity contribution in [3.8, 4) is 6.07 Å². The van der Waals surface area contributed by atoms with E-state index in [1.54, 1.807) is 0 Å². The molecule has 1 aromatic heterocycles. The summed E-state index contributed by atoms with van der Waals surface area (Å²) in [6.45, 7) is 7.16. The van der Waals surface area contributed by atoms with Crippen LogP contribution < -0.4 is 5.32 Å². The lowest BCUT2D eigenvalue weighted by molar-refractivity contribution is -0.121. The van der Waals surface area contributed by atoms with Gasteiger partial charge in [0.1, 0.15) is 0 Å². The highest BCUT2D eigenvalue weighted by Crippen LogP contribution is 2.15. The molecule has 0 saturated heterocycles. The summed E-state index contributed by atoms with van der Waals surface area (Å²) in [6.07, 6.45) is 1.56. The molecule has 0 saturated carbocycles. The molecule has 0 atom stereocenters. The second-order valence-corrected chi connectivity index (χ2v) is 5.98. The summed E-state index contributed by atoms with van der Waals surface area (Å²) in [7, 11) is 0. The van der Waals surface area contributed by atoms with Crippen LogP contribution in [0, 0.1) is 32.1 Å². The molecule has 0 fully saturated rings. The number of nitriles is 1. The molecule has 2 aromatic rings. The molecule has 0 bridgehead atoms. The Labute approximate surface area is 143 Å². The van der Waals surface area contributed by atoms with Gasteiger partial charge in [0.2, 0.25) is 5.91 Å². The van der Waals surface area contributed by atoms with Crippen LogP contribution >= 0.6 is 0 Å². The number of rotatable bonds is 7. The number of hydrogen-bond acceptors (Lipinski definition) is 3. The van der Waals surface area contributed by atoms with Crippen LogP contribution in [0.25, 0.3) is 0 Å². The molecule has 0 aliphatic rings. The van der Waals surface area contributed by atoms with Gasteiger partial charge in [-0.05, 0) is 43.9 Å². The predicted molar refractivity (Wildman–Crippen MR) is 93.3 cm³/mol. The minimum Gasteiger partial charge on any atom is -0.352 e. The maximum absolute atomic E-state index is 12.1. The minimum absolute atomic E-state index is 0.0434. The topological polar surface area (TPSA) is 70.7 Å². The van der Waals surface area contributed by atoms with Crippen LogP contribution in [0.3, 0.4) is 0 Å². The van der Waals surface area contributed by atoms with E-state index in [-0.39, 0.29) is 5.91 Å². The van der Waals surface area contributed by atoms with Gasteiger partial charge >= 0.3 is 0 Å². The van der Waals surface area contributed by atoms with Gasteiger partial charge in [0.15, 0.2) is 0 Å². The Balaban J connectivity index is 1.89. The van der Waals surface area contributed by atoms with Gasteiger partial charge in [0.25, 0.3) is 0 Å². The lowest BCUT2D eigenvalue weighted by atomic mass is 10.1. The fourth-order valence-corrected chi connectivity index (χ4v) is 2.80. The molecular formula is C19H24N4O. The van der Waals surface area contributed by atoms with E-state index >= 15 is 0 Å². The minimum atomic E-state index is 0.0434. The van der Waals surface area contributed by atoms with E-state index < -0.39 is 0 Å². The van der Waals surface area contributed by atoms with E-state index in [1.807, 2.05) is 49.7 Å². The molecule has 1 heterocycles. The smallest absolute Gasteiger partial charge is 0.220 e. The molecule has 0 radical (unpaired) electrons. The van der Waals surface area contributed by atoms with E-state index in [4.69, 9.17) is 5.26 Å². The van der Waals surface area contributed by atoms with Crippen LogP contribution in [0.5, 0.6) is 0 Å². The van der Waals surface area contributed by atoms with Crippen molar-refractivity contribution in [1.29, 1.82) is 5.26 Å². The standard InChI is InChI=1S/C19H24N4O/c1-14-7-4-5-8-17(14)13-21-19(24)10-9-18-15(2)22-23(16(18)3)12-6-11-20/h4-5,7-8H,6,9-10,12-13H2,1-3H3,(H,21,24). The number of nitrogens with zero attached hydrogens (tertiary/aromatic N) is 3. The molecular weight excluding hydrogens is 300 g/mol. The van der Waals surface area contributed by atoms with Crippen molar-refractivity contribution in [1.82, 2.24) is 15.1 Å². The van der Waals surface area contributed by atoms with Crippen LogP contribution in [0.2, 0.25) is 0 Å². The zero-order valence-electron chi connectivity index (χ0n) is 14.6. The second kappa shape index (κ2) is 8.30. The van der Waals surface area contributed by atoms with Crippen molar-refractivity contribution in [2.45, 2.75) is 53.1 Å². The zero-order valence-corrected chi connectivity index (χ0v) is 14.6. The monoisotopic (exact) mass is 324 g/mol. The van der Waals surface area contributed by atoms with Crippen LogP contribution in [0.1, 0.15) is 40.9 Å². The normalized spacial score (nSPS) is 10.4. The van der Waals surface area contributed by atoms with E-state index in [2.05, 4.69) is 16.5 Å². The summed E-state index contributed by atoms with van der Waals surface area (Å²) in [4.78, 5) is 12.1. The third kappa shape index (κ3) is 4.45. The van der Waals surface area contributed by atoms with Crippen molar-refractivity contribution in [3.63, 3.8) is 0 Å². The van der Waals surface area contributed by atoms with Crippen LogP contribution in [-0.2, 0) is 24.3 Å². The van der Waals surface area contributed by atoms with E-state index in [0.717, 1.165) is 22.5 Å². The predicted octanol–water partition coefficient (Wildman–Crippen LogP) is 2.97. The Morgan fingerprint density at radius 1 is 1.29 bits per heavy atom. The van der Waals surface area contributed by atoms with E-state index in [0.29, 0.717) is 32.4 Å². The lowest BCUT2D eigenvalue weighted by Crippen LogP contribution is -2.23. The van der Waals surface area contributed by atoms with Gasteiger partial charge in [-0.3, -0.25) is 9.48 Å². The lowest BCUT2D eigenvalue weighted by Gasteiger charge is -2.08. The Bertz CT molecular complexity index is 755. The van der Waals surface area contributed by atoms with Crippen molar-refractivity contribution in [2.75, 3.05) is 0 Å². The SMILES string of the molecule is Cc1ccccc1CNC(=O)CCc1c(C)nn(CCC#N)c1C. The Morgan fingerprint density at radius 3 is 2.75 bits per heavy atom. The number of carbonyl (C=O) groups excluding carboxylic acids is 1. The summed E-state index contributed by atoms with van der Waals surface area (Å²) in [6, 6.07) is 10.2.